The van der Waals surface area contributed by atoms with Crippen molar-refractivity contribution in [1.29, 1.82) is 0 Å². The van der Waals surface area contributed by atoms with Gasteiger partial charge in [0, 0.05) is 20.3 Å². The maximum absolute atomic E-state index is 12.7. The number of ether oxygens (including phenoxy) is 1. The summed E-state index contributed by atoms with van der Waals surface area (Å²) in [6.45, 7) is 0.361. The largest absolute Gasteiger partial charge is 0.476 e. The van der Waals surface area contributed by atoms with Crippen LogP contribution in [0, 0.1) is 0 Å². The Labute approximate surface area is 100 Å². The molecular weight excluding hydrogens is 255 g/mol. The first kappa shape index (κ1) is 14.4. The molecule has 0 radical (unpaired) electrons. The number of aromatic nitrogens is 3. The number of aromatic carboxylic acids is 1. The molecule has 0 amide bonds. The maximum atomic E-state index is 12.7. The number of hydrogen-bond donors (Lipinski definition) is 1. The van der Waals surface area contributed by atoms with Crippen molar-refractivity contribution >= 4 is 5.97 Å². The second-order valence-electron chi connectivity index (χ2n) is 3.51. The minimum Gasteiger partial charge on any atom is -0.476 e. The van der Waals surface area contributed by atoms with Gasteiger partial charge in [0.2, 0.25) is 5.69 Å². The predicted molar refractivity (Wildman–Crippen MR) is 53.1 cm³/mol. The predicted octanol–water partition coefficient (Wildman–Crippen LogP) is 1.42. The number of methoxy groups -OCH3 is 1. The molecular formula is C9H12F3N3O3. The summed E-state index contributed by atoms with van der Waals surface area (Å²) in [7, 11) is 1.49. The molecule has 0 aliphatic heterocycles. The highest BCUT2D eigenvalue weighted by Gasteiger charge is 2.41. The van der Waals surface area contributed by atoms with E-state index in [-0.39, 0.29) is 6.54 Å². The van der Waals surface area contributed by atoms with Crippen LogP contribution in [0.25, 0.3) is 0 Å². The van der Waals surface area contributed by atoms with Crippen molar-refractivity contribution in [2.24, 2.45) is 0 Å². The Hall–Kier alpha value is -1.64. The Morgan fingerprint density at radius 3 is 2.61 bits per heavy atom. The molecule has 0 atom stereocenters. The van der Waals surface area contributed by atoms with Gasteiger partial charge < -0.3 is 9.84 Å². The van der Waals surface area contributed by atoms with Crippen molar-refractivity contribution in [2.45, 2.75) is 25.6 Å². The van der Waals surface area contributed by atoms with Gasteiger partial charge in [-0.1, -0.05) is 5.21 Å². The van der Waals surface area contributed by atoms with Crippen LogP contribution in [0.2, 0.25) is 0 Å². The molecule has 0 saturated carbocycles. The Bertz CT molecular complexity index is 417. The van der Waals surface area contributed by atoms with Crippen molar-refractivity contribution in [3.63, 3.8) is 0 Å². The van der Waals surface area contributed by atoms with Crippen LogP contribution in [-0.4, -0.2) is 39.8 Å². The molecule has 0 unspecified atom stereocenters. The normalized spacial score (nSPS) is 11.8. The van der Waals surface area contributed by atoms with Gasteiger partial charge in [-0.05, 0) is 12.8 Å². The number of carbonyl (C=O) groups is 1. The van der Waals surface area contributed by atoms with Gasteiger partial charge >= 0.3 is 12.1 Å². The molecule has 1 N–H and O–H groups in total. The van der Waals surface area contributed by atoms with E-state index in [0.29, 0.717) is 24.1 Å². The summed E-state index contributed by atoms with van der Waals surface area (Å²) >= 11 is 0. The molecule has 0 fully saturated rings. The Balaban J connectivity index is 2.88. The average molecular weight is 267 g/mol. The van der Waals surface area contributed by atoms with Crippen LogP contribution in [0.3, 0.4) is 0 Å². The highest BCUT2D eigenvalue weighted by molar-refractivity contribution is 5.86. The lowest BCUT2D eigenvalue weighted by molar-refractivity contribution is -0.144. The van der Waals surface area contributed by atoms with E-state index in [1.807, 2.05) is 0 Å². The van der Waals surface area contributed by atoms with E-state index >= 15 is 0 Å². The topological polar surface area (TPSA) is 77.2 Å². The zero-order chi connectivity index (χ0) is 13.8. The van der Waals surface area contributed by atoms with E-state index in [4.69, 9.17) is 9.84 Å². The zero-order valence-electron chi connectivity index (χ0n) is 9.57. The van der Waals surface area contributed by atoms with Gasteiger partial charge in [0.05, 0.1) is 0 Å². The van der Waals surface area contributed by atoms with Gasteiger partial charge in [0.1, 0.15) is 0 Å². The number of alkyl halides is 3. The molecule has 1 rings (SSSR count). The summed E-state index contributed by atoms with van der Waals surface area (Å²) in [5.41, 5.74) is -2.40. The molecule has 1 aromatic heterocycles. The Morgan fingerprint density at radius 2 is 2.11 bits per heavy atom. The number of nitrogens with zero attached hydrogens (tertiary/aromatic N) is 3. The number of rotatable bonds is 6. The summed E-state index contributed by atoms with van der Waals surface area (Å²) in [5.74, 6) is -1.74. The van der Waals surface area contributed by atoms with E-state index in [0.717, 1.165) is 0 Å². The number of unbranched alkanes of at least 4 members (excludes halogenated alkanes) is 1. The summed E-state index contributed by atoms with van der Waals surface area (Å²) in [4.78, 5) is 10.6. The van der Waals surface area contributed by atoms with Gasteiger partial charge in [0.25, 0.3) is 0 Å². The summed E-state index contributed by atoms with van der Waals surface area (Å²) in [6, 6.07) is 0. The summed E-state index contributed by atoms with van der Waals surface area (Å²) in [5, 5.41) is 14.9. The molecule has 6 nitrogen and oxygen atoms in total. The van der Waals surface area contributed by atoms with E-state index in [1.54, 1.807) is 0 Å². The van der Waals surface area contributed by atoms with Gasteiger partial charge in [0.15, 0.2) is 5.69 Å². The lowest BCUT2D eigenvalue weighted by Crippen LogP contribution is -2.18. The molecule has 102 valence electrons. The van der Waals surface area contributed by atoms with E-state index in [2.05, 4.69) is 10.3 Å². The van der Waals surface area contributed by atoms with Crippen molar-refractivity contribution in [2.75, 3.05) is 13.7 Å². The quantitative estimate of drug-likeness (QED) is 0.789. The molecule has 0 aromatic carbocycles. The standard InChI is InChI=1S/C9H12F3N3O3/c1-18-5-3-2-4-15-7(9(10,11)12)6(8(16)17)13-14-15/h2-5H2,1H3,(H,16,17). The molecule has 0 aliphatic rings. The van der Waals surface area contributed by atoms with Crippen LogP contribution < -0.4 is 0 Å². The van der Waals surface area contributed by atoms with E-state index < -0.39 is 23.5 Å². The third-order valence-corrected chi connectivity index (χ3v) is 2.17. The second kappa shape index (κ2) is 5.80. The number of carboxylic acids is 1. The lowest BCUT2D eigenvalue weighted by atomic mass is 10.3. The third-order valence-electron chi connectivity index (χ3n) is 2.17. The first-order valence-corrected chi connectivity index (χ1v) is 5.11. The summed E-state index contributed by atoms with van der Waals surface area (Å²) in [6.07, 6.45) is -3.85. The van der Waals surface area contributed by atoms with Gasteiger partial charge in [-0.25, -0.2) is 9.48 Å². The van der Waals surface area contributed by atoms with Gasteiger partial charge in [-0.15, -0.1) is 5.10 Å². The summed E-state index contributed by atoms with van der Waals surface area (Å²) < 4.78 is 43.4. The number of aryl methyl sites for hydroxylation is 1. The number of hydrogen-bond acceptors (Lipinski definition) is 4. The molecule has 0 bridgehead atoms. The SMILES string of the molecule is COCCCCn1nnc(C(=O)O)c1C(F)(F)F. The number of halogens is 3. The molecule has 0 spiro atoms. The molecule has 9 heteroatoms. The van der Waals surface area contributed by atoms with Crippen LogP contribution in [0.1, 0.15) is 29.0 Å². The third kappa shape index (κ3) is 3.42. The molecule has 18 heavy (non-hydrogen) atoms. The molecule has 0 saturated heterocycles. The number of carboxylic acid groups (broad SMARTS) is 1. The second-order valence-corrected chi connectivity index (χ2v) is 3.51. The monoisotopic (exact) mass is 267 g/mol. The van der Waals surface area contributed by atoms with Crippen LogP contribution in [0.4, 0.5) is 13.2 Å². The minimum atomic E-state index is -4.79. The first-order valence-electron chi connectivity index (χ1n) is 5.11. The fourth-order valence-corrected chi connectivity index (χ4v) is 1.40. The molecule has 0 aliphatic carbocycles. The fourth-order valence-electron chi connectivity index (χ4n) is 1.40. The van der Waals surface area contributed by atoms with Crippen molar-refractivity contribution < 1.29 is 27.8 Å². The van der Waals surface area contributed by atoms with Crippen LogP contribution in [0.5, 0.6) is 0 Å². The lowest BCUT2D eigenvalue weighted by Gasteiger charge is -2.09. The average Bonchev–Trinajstić information content (AvgIpc) is 2.68. The van der Waals surface area contributed by atoms with Crippen molar-refractivity contribution in [3.05, 3.63) is 11.4 Å². The zero-order valence-corrected chi connectivity index (χ0v) is 9.57. The molecule has 1 aromatic rings. The van der Waals surface area contributed by atoms with Gasteiger partial charge in [-0.3, -0.25) is 0 Å². The van der Waals surface area contributed by atoms with Crippen LogP contribution in [0.15, 0.2) is 0 Å². The van der Waals surface area contributed by atoms with E-state index in [1.165, 1.54) is 7.11 Å². The minimum absolute atomic E-state index is 0.0571. The van der Waals surface area contributed by atoms with E-state index in [9.17, 15) is 18.0 Å². The Morgan fingerprint density at radius 1 is 1.44 bits per heavy atom. The smallest absolute Gasteiger partial charge is 0.435 e. The molecule has 1 heterocycles. The maximum Gasteiger partial charge on any atom is 0.435 e. The highest BCUT2D eigenvalue weighted by atomic mass is 19.4. The van der Waals surface area contributed by atoms with Crippen molar-refractivity contribution in [3.8, 4) is 0 Å². The fraction of sp³-hybridized carbons (Fsp3) is 0.667. The highest BCUT2D eigenvalue weighted by Crippen LogP contribution is 2.31. The first-order chi connectivity index (χ1) is 8.38. The van der Waals surface area contributed by atoms with Crippen LogP contribution in [-0.2, 0) is 17.5 Å². The Kier molecular flexibility index (Phi) is 4.65. The van der Waals surface area contributed by atoms with Gasteiger partial charge in [-0.2, -0.15) is 13.2 Å². The van der Waals surface area contributed by atoms with Crippen molar-refractivity contribution in [1.82, 2.24) is 15.0 Å². The van der Waals surface area contributed by atoms with Crippen LogP contribution >= 0.6 is 0 Å².